The average molecular weight is 391 g/mol. The van der Waals surface area contributed by atoms with Gasteiger partial charge in [-0.15, -0.1) is 10.2 Å². The molecule has 2 aromatic rings. The van der Waals surface area contributed by atoms with Gasteiger partial charge in [-0.3, -0.25) is 4.79 Å². The first-order valence-electron chi connectivity index (χ1n) is 9.16. The Kier molecular flexibility index (Phi) is 6.53. The number of aryl methyl sites for hydroxylation is 2. The molecule has 5 nitrogen and oxygen atoms in total. The van der Waals surface area contributed by atoms with Crippen molar-refractivity contribution in [3.63, 3.8) is 0 Å². The third-order valence-corrected chi connectivity index (χ3v) is 6.79. The number of nitrogens with zero attached hydrogens (tertiary/aromatic N) is 2. The van der Waals surface area contributed by atoms with E-state index in [2.05, 4.69) is 46.8 Å². The normalized spacial score (nSPS) is 16.3. The van der Waals surface area contributed by atoms with E-state index in [-0.39, 0.29) is 11.2 Å². The van der Waals surface area contributed by atoms with Crippen LogP contribution in [0.25, 0.3) is 0 Å². The van der Waals surface area contributed by atoms with Gasteiger partial charge in [-0.25, -0.2) is 0 Å². The predicted octanol–water partition coefficient (Wildman–Crippen LogP) is 4.83. The first-order valence-corrected chi connectivity index (χ1v) is 10.9. The summed E-state index contributed by atoms with van der Waals surface area (Å²) < 4.78 is 0.808. The number of rotatable bonds is 6. The second-order valence-corrected chi connectivity index (χ2v) is 9.47. The minimum absolute atomic E-state index is 0.0979. The minimum atomic E-state index is -0.167. The molecule has 1 unspecified atom stereocenters. The molecule has 1 aliphatic rings. The van der Waals surface area contributed by atoms with E-state index in [1.165, 1.54) is 53.5 Å². The summed E-state index contributed by atoms with van der Waals surface area (Å²) in [5, 5.41) is 15.5. The Morgan fingerprint density at radius 1 is 1.19 bits per heavy atom. The quantitative estimate of drug-likeness (QED) is 0.692. The number of nitrogens with one attached hydrogen (secondary N) is 2. The number of anilines is 2. The number of aromatic nitrogens is 2. The van der Waals surface area contributed by atoms with Gasteiger partial charge in [0.05, 0.1) is 5.25 Å². The smallest absolute Gasteiger partial charge is 0.233 e. The Bertz CT molecular complexity index is 756. The molecule has 1 aliphatic carbocycles. The number of hydrogen-bond acceptors (Lipinski definition) is 6. The van der Waals surface area contributed by atoms with Crippen LogP contribution in [-0.4, -0.2) is 27.4 Å². The lowest BCUT2D eigenvalue weighted by Crippen LogP contribution is -2.40. The molecular weight excluding hydrogens is 364 g/mol. The van der Waals surface area contributed by atoms with E-state index in [1.54, 1.807) is 0 Å². The van der Waals surface area contributed by atoms with Crippen molar-refractivity contribution in [2.45, 2.75) is 68.5 Å². The standard InChI is InChI=1S/C19H26N4OS2/c1-12-9-10-16(11-13(12)2)21-18-22-23-19(26-18)25-14(3)17(24)20-15-7-5-4-6-8-15/h9-11,14-15H,4-8H2,1-3H3,(H,20,24)(H,21,22). The zero-order chi connectivity index (χ0) is 18.5. The van der Waals surface area contributed by atoms with Crippen molar-refractivity contribution < 1.29 is 4.79 Å². The van der Waals surface area contributed by atoms with E-state index in [0.717, 1.165) is 28.0 Å². The van der Waals surface area contributed by atoms with E-state index >= 15 is 0 Å². The monoisotopic (exact) mass is 390 g/mol. The number of carbonyl (C=O) groups is 1. The van der Waals surface area contributed by atoms with Gasteiger partial charge in [-0.1, -0.05) is 48.4 Å². The van der Waals surface area contributed by atoms with Crippen molar-refractivity contribution in [3.05, 3.63) is 29.3 Å². The van der Waals surface area contributed by atoms with E-state index in [9.17, 15) is 4.79 Å². The summed E-state index contributed by atoms with van der Waals surface area (Å²) in [4.78, 5) is 12.4. The highest BCUT2D eigenvalue weighted by molar-refractivity contribution is 8.02. The molecule has 2 N–H and O–H groups in total. The number of benzene rings is 1. The zero-order valence-corrected chi connectivity index (χ0v) is 17.2. The van der Waals surface area contributed by atoms with Crippen molar-refractivity contribution in [2.24, 2.45) is 0 Å². The Morgan fingerprint density at radius 2 is 1.96 bits per heavy atom. The molecule has 1 fully saturated rings. The van der Waals surface area contributed by atoms with Gasteiger partial charge in [-0.05, 0) is 56.9 Å². The Labute approximate surface area is 163 Å². The van der Waals surface area contributed by atoms with Crippen LogP contribution in [0.1, 0.15) is 50.2 Å². The Hall–Kier alpha value is -1.60. The molecule has 26 heavy (non-hydrogen) atoms. The average Bonchev–Trinajstić information content (AvgIpc) is 3.06. The summed E-state index contributed by atoms with van der Waals surface area (Å²) in [6.45, 7) is 6.12. The number of carbonyl (C=O) groups excluding carboxylic acids is 1. The fourth-order valence-corrected chi connectivity index (χ4v) is 4.95. The van der Waals surface area contributed by atoms with Crippen LogP contribution in [0, 0.1) is 13.8 Å². The lowest BCUT2D eigenvalue weighted by atomic mass is 9.95. The van der Waals surface area contributed by atoms with E-state index in [4.69, 9.17) is 0 Å². The highest BCUT2D eigenvalue weighted by Gasteiger charge is 2.21. The maximum absolute atomic E-state index is 12.4. The van der Waals surface area contributed by atoms with Gasteiger partial charge in [0.2, 0.25) is 11.0 Å². The first-order chi connectivity index (χ1) is 12.5. The van der Waals surface area contributed by atoms with E-state index in [0.29, 0.717) is 6.04 Å². The molecule has 1 heterocycles. The van der Waals surface area contributed by atoms with Gasteiger partial charge >= 0.3 is 0 Å². The third kappa shape index (κ3) is 5.20. The predicted molar refractivity (Wildman–Crippen MR) is 109 cm³/mol. The number of amides is 1. The summed E-state index contributed by atoms with van der Waals surface area (Å²) >= 11 is 2.95. The Balaban J connectivity index is 1.53. The van der Waals surface area contributed by atoms with Crippen LogP contribution in [0.4, 0.5) is 10.8 Å². The molecule has 7 heteroatoms. The minimum Gasteiger partial charge on any atom is -0.352 e. The van der Waals surface area contributed by atoms with Crippen LogP contribution in [0.2, 0.25) is 0 Å². The van der Waals surface area contributed by atoms with Crippen molar-refractivity contribution >= 4 is 39.8 Å². The summed E-state index contributed by atoms with van der Waals surface area (Å²) in [5.74, 6) is 0.0979. The highest BCUT2D eigenvalue weighted by atomic mass is 32.2. The van der Waals surface area contributed by atoms with Crippen LogP contribution >= 0.6 is 23.1 Å². The van der Waals surface area contributed by atoms with Crippen molar-refractivity contribution in [1.82, 2.24) is 15.5 Å². The zero-order valence-electron chi connectivity index (χ0n) is 15.5. The lowest BCUT2D eigenvalue weighted by Gasteiger charge is -2.24. The topological polar surface area (TPSA) is 66.9 Å². The van der Waals surface area contributed by atoms with Crippen LogP contribution in [0.15, 0.2) is 22.5 Å². The maximum Gasteiger partial charge on any atom is 0.233 e. The van der Waals surface area contributed by atoms with Crippen LogP contribution in [0.5, 0.6) is 0 Å². The molecule has 1 amide bonds. The maximum atomic E-state index is 12.4. The highest BCUT2D eigenvalue weighted by Crippen LogP contribution is 2.31. The van der Waals surface area contributed by atoms with Crippen LogP contribution in [-0.2, 0) is 4.79 Å². The molecular formula is C19H26N4OS2. The van der Waals surface area contributed by atoms with Gasteiger partial charge < -0.3 is 10.6 Å². The van der Waals surface area contributed by atoms with Gasteiger partial charge in [-0.2, -0.15) is 0 Å². The molecule has 0 saturated heterocycles. The fraction of sp³-hybridized carbons (Fsp3) is 0.526. The SMILES string of the molecule is Cc1ccc(Nc2nnc(SC(C)C(=O)NC3CCCCC3)s2)cc1C. The third-order valence-electron chi connectivity index (χ3n) is 4.76. The van der Waals surface area contributed by atoms with Crippen LogP contribution < -0.4 is 10.6 Å². The van der Waals surface area contributed by atoms with Gasteiger partial charge in [0, 0.05) is 11.7 Å². The molecule has 1 atom stereocenters. The molecule has 0 spiro atoms. The molecule has 140 valence electrons. The van der Waals surface area contributed by atoms with Gasteiger partial charge in [0.1, 0.15) is 0 Å². The molecule has 0 aliphatic heterocycles. The van der Waals surface area contributed by atoms with Crippen molar-refractivity contribution in [3.8, 4) is 0 Å². The molecule has 1 aromatic carbocycles. The number of hydrogen-bond donors (Lipinski definition) is 2. The molecule has 1 aromatic heterocycles. The second kappa shape index (κ2) is 8.86. The molecule has 3 rings (SSSR count). The molecule has 1 saturated carbocycles. The summed E-state index contributed by atoms with van der Waals surface area (Å²) in [6.07, 6.45) is 5.93. The van der Waals surface area contributed by atoms with E-state index < -0.39 is 0 Å². The summed E-state index contributed by atoms with van der Waals surface area (Å²) in [7, 11) is 0. The van der Waals surface area contributed by atoms with Gasteiger partial charge in [0.25, 0.3) is 0 Å². The van der Waals surface area contributed by atoms with Crippen molar-refractivity contribution in [1.29, 1.82) is 0 Å². The lowest BCUT2D eigenvalue weighted by molar-refractivity contribution is -0.121. The molecule has 0 bridgehead atoms. The van der Waals surface area contributed by atoms with E-state index in [1.807, 2.05) is 13.0 Å². The largest absolute Gasteiger partial charge is 0.352 e. The Morgan fingerprint density at radius 3 is 2.69 bits per heavy atom. The van der Waals surface area contributed by atoms with Crippen molar-refractivity contribution in [2.75, 3.05) is 5.32 Å². The molecule has 0 radical (unpaired) electrons. The fourth-order valence-electron chi connectivity index (χ4n) is 3.02. The summed E-state index contributed by atoms with van der Waals surface area (Å²) in [5.41, 5.74) is 3.51. The summed E-state index contributed by atoms with van der Waals surface area (Å²) in [6, 6.07) is 6.57. The first kappa shape index (κ1) is 19.2. The number of thioether (sulfide) groups is 1. The van der Waals surface area contributed by atoms with Gasteiger partial charge in [0.15, 0.2) is 4.34 Å². The second-order valence-electron chi connectivity index (χ2n) is 6.90. The van der Waals surface area contributed by atoms with Crippen LogP contribution in [0.3, 0.4) is 0 Å².